The second-order valence-corrected chi connectivity index (χ2v) is 25.9. The monoisotopic (exact) mass is 1090 g/mol. The van der Waals surface area contributed by atoms with E-state index in [4.69, 9.17) is 5.11 Å². The predicted octanol–water partition coefficient (Wildman–Crippen LogP) is 28.4. The van der Waals surface area contributed by atoms with Gasteiger partial charge < -0.3 is 9.84 Å². The van der Waals surface area contributed by atoms with Gasteiger partial charge in [0.05, 0.1) is 6.61 Å². The van der Waals surface area contributed by atoms with E-state index in [1.165, 1.54) is 443 Å². The molecular weight excluding hydrogens is 937 g/mol. The van der Waals surface area contributed by atoms with Crippen LogP contribution in [0.4, 0.5) is 4.79 Å². The van der Waals surface area contributed by atoms with Crippen LogP contribution in [0.2, 0.25) is 0 Å². The summed E-state index contributed by atoms with van der Waals surface area (Å²) in [5.74, 6) is 0. The molecule has 0 aliphatic carbocycles. The van der Waals surface area contributed by atoms with Crippen LogP contribution >= 0.6 is 0 Å². The molecule has 3 heteroatoms. The van der Waals surface area contributed by atoms with Crippen molar-refractivity contribution in [2.24, 2.45) is 0 Å². The molecule has 0 aromatic rings. The van der Waals surface area contributed by atoms with Gasteiger partial charge in [0, 0.05) is 0 Å². The van der Waals surface area contributed by atoms with Crippen molar-refractivity contribution in [3.05, 3.63) is 0 Å². The molecule has 0 aromatic carbocycles. The third kappa shape index (κ3) is 75.3. The van der Waals surface area contributed by atoms with Crippen molar-refractivity contribution in [3.63, 3.8) is 0 Å². The van der Waals surface area contributed by atoms with E-state index >= 15 is 0 Å². The van der Waals surface area contributed by atoms with E-state index < -0.39 is 6.16 Å². The summed E-state index contributed by atoms with van der Waals surface area (Å²) in [6.07, 6.45) is 102. The molecule has 0 saturated carbocycles. The number of rotatable bonds is 72. The standard InChI is InChI=1S/C74H148O3/c1-2-3-4-5-6-7-8-9-10-11-12-13-14-15-16-17-18-19-20-21-22-23-24-25-26-27-28-29-30-31-32-33-34-35-36-37-38-39-40-41-42-43-44-45-46-47-48-49-50-51-52-53-54-55-56-57-58-59-60-61-62-63-64-65-66-67-68-69-70-71-72-73-77-74(75)76/h2-73H2,1H3,(H,75,76). The highest BCUT2D eigenvalue weighted by Gasteiger charge is 2.02. The maximum absolute atomic E-state index is 10.3. The van der Waals surface area contributed by atoms with Crippen LogP contribution < -0.4 is 0 Å². The summed E-state index contributed by atoms with van der Waals surface area (Å²) in [4.78, 5) is 10.3. The van der Waals surface area contributed by atoms with Gasteiger partial charge in [-0.1, -0.05) is 456 Å². The molecule has 0 atom stereocenters. The number of hydrogen-bond acceptors (Lipinski definition) is 2. The molecule has 0 fully saturated rings. The third-order valence-electron chi connectivity index (χ3n) is 18.0. The lowest BCUT2D eigenvalue weighted by Crippen LogP contribution is -2.01. The summed E-state index contributed by atoms with van der Waals surface area (Å²) in [5.41, 5.74) is 0. The summed E-state index contributed by atoms with van der Waals surface area (Å²) >= 11 is 0. The Morgan fingerprint density at radius 1 is 0.182 bits per heavy atom. The van der Waals surface area contributed by atoms with E-state index in [-0.39, 0.29) is 0 Å². The van der Waals surface area contributed by atoms with Crippen LogP contribution in [0.3, 0.4) is 0 Å². The van der Waals surface area contributed by atoms with Crippen molar-refractivity contribution in [1.82, 2.24) is 0 Å². The minimum absolute atomic E-state index is 0.356. The van der Waals surface area contributed by atoms with Crippen LogP contribution in [0.1, 0.15) is 463 Å². The normalized spacial score (nSPS) is 11.6. The quantitative estimate of drug-likeness (QED) is 0.0488. The van der Waals surface area contributed by atoms with Crippen LogP contribution in [0.15, 0.2) is 0 Å². The molecule has 77 heavy (non-hydrogen) atoms. The first kappa shape index (κ1) is 76.3. The number of carbonyl (C=O) groups is 1. The molecule has 0 heterocycles. The molecule has 462 valence electrons. The number of hydrogen-bond donors (Lipinski definition) is 1. The fourth-order valence-electron chi connectivity index (χ4n) is 12.5. The maximum Gasteiger partial charge on any atom is 0.505 e. The zero-order chi connectivity index (χ0) is 55.2. The maximum atomic E-state index is 10.3. The minimum Gasteiger partial charge on any atom is -0.450 e. The topological polar surface area (TPSA) is 46.5 Å². The number of unbranched alkanes of at least 4 members (excludes halogenated alkanes) is 70. The molecule has 0 unspecified atom stereocenters. The highest BCUT2D eigenvalue weighted by molar-refractivity contribution is 5.56. The second-order valence-electron chi connectivity index (χ2n) is 25.9. The Kier molecular flexibility index (Phi) is 72.6. The zero-order valence-electron chi connectivity index (χ0n) is 53.7. The average molecular weight is 1090 g/mol. The molecule has 1 N–H and O–H groups in total. The summed E-state index contributed by atoms with van der Waals surface area (Å²) in [7, 11) is 0. The van der Waals surface area contributed by atoms with Crippen molar-refractivity contribution < 1.29 is 14.6 Å². The molecule has 0 bridgehead atoms. The van der Waals surface area contributed by atoms with Gasteiger partial charge in [0.2, 0.25) is 0 Å². The van der Waals surface area contributed by atoms with Gasteiger partial charge >= 0.3 is 6.16 Å². The fraction of sp³-hybridized carbons (Fsp3) is 0.986. The van der Waals surface area contributed by atoms with Gasteiger partial charge in [-0.2, -0.15) is 0 Å². The van der Waals surface area contributed by atoms with E-state index in [1.807, 2.05) is 0 Å². The van der Waals surface area contributed by atoms with Gasteiger partial charge in [0.15, 0.2) is 0 Å². The first-order chi connectivity index (χ1) is 38.3. The molecule has 0 aromatic heterocycles. The molecule has 0 spiro atoms. The van der Waals surface area contributed by atoms with Gasteiger partial charge in [-0.3, -0.25) is 0 Å². The number of ether oxygens (including phenoxy) is 1. The predicted molar refractivity (Wildman–Crippen MR) is 347 cm³/mol. The van der Waals surface area contributed by atoms with Gasteiger partial charge in [-0.05, 0) is 6.42 Å². The van der Waals surface area contributed by atoms with Crippen LogP contribution in [0.25, 0.3) is 0 Å². The van der Waals surface area contributed by atoms with E-state index in [0.29, 0.717) is 6.61 Å². The summed E-state index contributed by atoms with van der Waals surface area (Å²) in [5, 5.41) is 8.47. The minimum atomic E-state index is -1.14. The summed E-state index contributed by atoms with van der Waals surface area (Å²) in [6, 6.07) is 0. The average Bonchev–Trinajstić information content (AvgIpc) is 3.43. The molecular formula is C74H148O3. The number of carboxylic acid groups (broad SMARTS) is 1. The van der Waals surface area contributed by atoms with Crippen LogP contribution in [-0.4, -0.2) is 17.9 Å². The molecule has 0 radical (unpaired) electrons. The van der Waals surface area contributed by atoms with Crippen molar-refractivity contribution in [3.8, 4) is 0 Å². The van der Waals surface area contributed by atoms with Gasteiger partial charge in [-0.15, -0.1) is 0 Å². The van der Waals surface area contributed by atoms with Gasteiger partial charge in [0.1, 0.15) is 0 Å². The Labute approximate surface area is 487 Å². The van der Waals surface area contributed by atoms with Crippen LogP contribution in [-0.2, 0) is 4.74 Å². The molecule has 0 aliphatic heterocycles. The van der Waals surface area contributed by atoms with Gasteiger partial charge in [0.25, 0.3) is 0 Å². The lowest BCUT2D eigenvalue weighted by Gasteiger charge is -2.05. The highest BCUT2D eigenvalue weighted by Crippen LogP contribution is 2.21. The SMILES string of the molecule is CCCCCCCCCCCCCCCCCCCCCCCCCCCCCCCCCCCCCCCCCCCCCCCCCCCCCCCCCCCCCCCCCCCCCCCCCOC(=O)O. The first-order valence-electron chi connectivity index (χ1n) is 37.1. The van der Waals surface area contributed by atoms with Crippen molar-refractivity contribution in [2.45, 2.75) is 463 Å². The molecule has 0 amide bonds. The lowest BCUT2D eigenvalue weighted by molar-refractivity contribution is 0.0899. The molecule has 0 aliphatic rings. The Morgan fingerprint density at radius 2 is 0.273 bits per heavy atom. The first-order valence-corrected chi connectivity index (χ1v) is 37.1. The summed E-state index contributed by atoms with van der Waals surface area (Å²) in [6.45, 7) is 2.67. The summed E-state index contributed by atoms with van der Waals surface area (Å²) < 4.78 is 4.55. The molecule has 0 saturated heterocycles. The van der Waals surface area contributed by atoms with Crippen molar-refractivity contribution in [1.29, 1.82) is 0 Å². The zero-order valence-corrected chi connectivity index (χ0v) is 53.7. The van der Waals surface area contributed by atoms with E-state index in [0.717, 1.165) is 12.8 Å². The lowest BCUT2D eigenvalue weighted by atomic mass is 10.0. The third-order valence-corrected chi connectivity index (χ3v) is 18.0. The second kappa shape index (κ2) is 73.3. The molecule has 0 rings (SSSR count). The fourth-order valence-corrected chi connectivity index (χ4v) is 12.5. The van der Waals surface area contributed by atoms with E-state index in [2.05, 4.69) is 11.7 Å². The van der Waals surface area contributed by atoms with Crippen LogP contribution in [0, 0.1) is 0 Å². The van der Waals surface area contributed by atoms with Crippen molar-refractivity contribution in [2.75, 3.05) is 6.61 Å². The van der Waals surface area contributed by atoms with Crippen LogP contribution in [0.5, 0.6) is 0 Å². The Morgan fingerprint density at radius 3 is 0.364 bits per heavy atom. The van der Waals surface area contributed by atoms with Gasteiger partial charge in [-0.25, -0.2) is 4.79 Å². The largest absolute Gasteiger partial charge is 0.505 e. The van der Waals surface area contributed by atoms with E-state index in [1.54, 1.807) is 0 Å². The van der Waals surface area contributed by atoms with E-state index in [9.17, 15) is 4.79 Å². The Hall–Kier alpha value is -0.730. The van der Waals surface area contributed by atoms with Crippen molar-refractivity contribution >= 4 is 6.16 Å². The Balaban J connectivity index is 3.08. The smallest absolute Gasteiger partial charge is 0.450 e. The Bertz CT molecular complexity index is 1010. The highest BCUT2D eigenvalue weighted by atomic mass is 16.7. The molecule has 3 nitrogen and oxygen atoms in total.